The number of hydrogen-bond acceptors (Lipinski definition) is 1. The van der Waals surface area contributed by atoms with Crippen molar-refractivity contribution >= 4 is 40.8 Å². The number of guanidine groups is 1. The number of nitrogens with one attached hydrogen (secondary N) is 2. The van der Waals surface area contributed by atoms with E-state index in [0.717, 1.165) is 32.0 Å². The van der Waals surface area contributed by atoms with Gasteiger partial charge in [0, 0.05) is 43.8 Å². The molecule has 1 saturated heterocycles. The first kappa shape index (κ1) is 18.1. The molecule has 1 aliphatic rings. The number of benzene rings is 1. The zero-order valence-electron chi connectivity index (χ0n) is 14.2. The molecule has 2 aromatic rings. The summed E-state index contributed by atoms with van der Waals surface area (Å²) in [5.41, 5.74) is 2.97. The molecule has 3 rings (SSSR count). The van der Waals surface area contributed by atoms with Crippen LogP contribution in [0, 0.1) is 5.41 Å². The van der Waals surface area contributed by atoms with Gasteiger partial charge in [0.05, 0.1) is 0 Å². The largest absolute Gasteiger partial charge is 0.361 e. The average Bonchev–Trinajstić information content (AvgIpc) is 3.07. The average molecular weight is 426 g/mol. The van der Waals surface area contributed by atoms with Gasteiger partial charge in [0.2, 0.25) is 0 Å². The third-order valence-electron chi connectivity index (χ3n) is 4.54. The standard InChI is InChI=1S/C18H26N4.HI/c1-18(2)9-11-22(13-18)17(19-3)20-10-8-14-12-21-16-7-5-4-6-15(14)16;/h4-7,12,21H,8-11,13H2,1-3H3,(H,19,20);1H. The number of nitrogens with zero attached hydrogens (tertiary/aromatic N) is 2. The van der Waals surface area contributed by atoms with Crippen molar-refractivity contribution in [3.05, 3.63) is 36.0 Å². The predicted octanol–water partition coefficient (Wildman–Crippen LogP) is 3.64. The van der Waals surface area contributed by atoms with E-state index in [1.807, 2.05) is 7.05 Å². The van der Waals surface area contributed by atoms with Crippen LogP contribution in [0.3, 0.4) is 0 Å². The molecule has 2 heterocycles. The van der Waals surface area contributed by atoms with Gasteiger partial charge in [0.1, 0.15) is 0 Å². The molecular formula is C18H27IN4. The third kappa shape index (κ3) is 4.19. The summed E-state index contributed by atoms with van der Waals surface area (Å²) >= 11 is 0. The number of aliphatic imine (C=N–C) groups is 1. The maximum absolute atomic E-state index is 4.44. The Kier molecular flexibility index (Phi) is 5.95. The molecule has 0 spiro atoms. The Hall–Kier alpha value is -1.24. The molecule has 0 saturated carbocycles. The molecule has 1 aromatic heterocycles. The Bertz CT molecular complexity index is 674. The van der Waals surface area contributed by atoms with Crippen LogP contribution in [0.2, 0.25) is 0 Å². The van der Waals surface area contributed by atoms with E-state index in [1.54, 1.807) is 0 Å². The second-order valence-electron chi connectivity index (χ2n) is 6.92. The van der Waals surface area contributed by atoms with Crippen LogP contribution in [0.5, 0.6) is 0 Å². The maximum Gasteiger partial charge on any atom is 0.193 e. The predicted molar refractivity (Wildman–Crippen MR) is 109 cm³/mol. The van der Waals surface area contributed by atoms with E-state index in [2.05, 4.69) is 64.5 Å². The van der Waals surface area contributed by atoms with Crippen LogP contribution in [0.1, 0.15) is 25.8 Å². The molecule has 0 amide bonds. The van der Waals surface area contributed by atoms with Crippen LogP contribution in [-0.2, 0) is 6.42 Å². The van der Waals surface area contributed by atoms with Crippen LogP contribution in [-0.4, -0.2) is 42.5 Å². The van der Waals surface area contributed by atoms with Crippen LogP contribution >= 0.6 is 24.0 Å². The van der Waals surface area contributed by atoms with Crippen molar-refractivity contribution in [3.8, 4) is 0 Å². The van der Waals surface area contributed by atoms with Crippen molar-refractivity contribution in [3.63, 3.8) is 0 Å². The molecule has 1 aromatic carbocycles. The lowest BCUT2D eigenvalue weighted by molar-refractivity contribution is 0.370. The number of aromatic nitrogens is 1. The highest BCUT2D eigenvalue weighted by Gasteiger charge is 2.30. The second-order valence-corrected chi connectivity index (χ2v) is 6.92. The number of para-hydroxylation sites is 1. The van der Waals surface area contributed by atoms with E-state index >= 15 is 0 Å². The molecular weight excluding hydrogens is 399 g/mol. The van der Waals surface area contributed by atoms with Gasteiger partial charge in [-0.3, -0.25) is 4.99 Å². The molecule has 1 fully saturated rings. The Morgan fingerprint density at radius 1 is 1.35 bits per heavy atom. The van der Waals surface area contributed by atoms with Crippen LogP contribution < -0.4 is 5.32 Å². The van der Waals surface area contributed by atoms with Crippen molar-refractivity contribution in [2.75, 3.05) is 26.7 Å². The molecule has 4 nitrogen and oxygen atoms in total. The zero-order chi connectivity index (χ0) is 15.6. The zero-order valence-corrected chi connectivity index (χ0v) is 16.6. The Morgan fingerprint density at radius 2 is 2.13 bits per heavy atom. The summed E-state index contributed by atoms with van der Waals surface area (Å²) in [5.74, 6) is 1.03. The van der Waals surface area contributed by atoms with Crippen LogP contribution in [0.15, 0.2) is 35.5 Å². The fraction of sp³-hybridized carbons (Fsp3) is 0.500. The third-order valence-corrected chi connectivity index (χ3v) is 4.54. The summed E-state index contributed by atoms with van der Waals surface area (Å²) in [5, 5.41) is 4.84. The number of halogens is 1. The Balaban J connectivity index is 0.00000192. The number of H-pyrrole nitrogens is 1. The molecule has 23 heavy (non-hydrogen) atoms. The second kappa shape index (κ2) is 7.55. The van der Waals surface area contributed by atoms with Gasteiger partial charge in [-0.05, 0) is 29.9 Å². The molecule has 0 aliphatic carbocycles. The normalized spacial score (nSPS) is 17.3. The topological polar surface area (TPSA) is 43.4 Å². The minimum Gasteiger partial charge on any atom is -0.361 e. The Morgan fingerprint density at radius 3 is 2.83 bits per heavy atom. The SMILES string of the molecule is CN=C(NCCc1c[nH]c2ccccc12)N1CCC(C)(C)C1.I. The minimum atomic E-state index is 0. The van der Waals surface area contributed by atoms with Crippen molar-refractivity contribution in [2.45, 2.75) is 26.7 Å². The molecule has 2 N–H and O–H groups in total. The molecule has 0 radical (unpaired) electrons. The van der Waals surface area contributed by atoms with Crippen molar-refractivity contribution in [1.82, 2.24) is 15.2 Å². The van der Waals surface area contributed by atoms with E-state index in [4.69, 9.17) is 0 Å². The number of hydrogen-bond donors (Lipinski definition) is 2. The van der Waals surface area contributed by atoms with Gasteiger partial charge in [-0.2, -0.15) is 0 Å². The summed E-state index contributed by atoms with van der Waals surface area (Å²) in [4.78, 5) is 10.1. The summed E-state index contributed by atoms with van der Waals surface area (Å²) in [7, 11) is 1.87. The maximum atomic E-state index is 4.44. The smallest absolute Gasteiger partial charge is 0.193 e. The lowest BCUT2D eigenvalue weighted by atomic mass is 9.93. The summed E-state index contributed by atoms with van der Waals surface area (Å²) in [6.07, 6.45) is 4.35. The summed E-state index contributed by atoms with van der Waals surface area (Å²) < 4.78 is 0. The minimum absolute atomic E-state index is 0. The van der Waals surface area contributed by atoms with Crippen LogP contribution in [0.4, 0.5) is 0 Å². The number of rotatable bonds is 3. The number of fused-ring (bicyclic) bond motifs is 1. The van der Waals surface area contributed by atoms with Crippen molar-refractivity contribution in [2.24, 2.45) is 10.4 Å². The molecule has 5 heteroatoms. The highest BCUT2D eigenvalue weighted by Crippen LogP contribution is 2.28. The highest BCUT2D eigenvalue weighted by atomic mass is 127. The monoisotopic (exact) mass is 426 g/mol. The van der Waals surface area contributed by atoms with Crippen molar-refractivity contribution < 1.29 is 0 Å². The molecule has 0 unspecified atom stereocenters. The molecule has 126 valence electrons. The quantitative estimate of drug-likeness (QED) is 0.447. The lowest BCUT2D eigenvalue weighted by Gasteiger charge is -2.23. The molecule has 0 atom stereocenters. The van der Waals surface area contributed by atoms with E-state index in [1.165, 1.54) is 22.9 Å². The number of aromatic amines is 1. The number of likely N-dealkylation sites (tertiary alicyclic amines) is 1. The van der Waals surface area contributed by atoms with E-state index in [-0.39, 0.29) is 24.0 Å². The van der Waals surface area contributed by atoms with Gasteiger partial charge in [-0.25, -0.2) is 0 Å². The van der Waals surface area contributed by atoms with Gasteiger partial charge < -0.3 is 15.2 Å². The Labute approximate surface area is 155 Å². The van der Waals surface area contributed by atoms with Gasteiger partial charge in [0.15, 0.2) is 5.96 Å². The van der Waals surface area contributed by atoms with Crippen LogP contribution in [0.25, 0.3) is 10.9 Å². The fourth-order valence-corrected chi connectivity index (χ4v) is 3.27. The summed E-state index contributed by atoms with van der Waals surface area (Å²) in [6, 6.07) is 8.46. The van der Waals surface area contributed by atoms with E-state index < -0.39 is 0 Å². The lowest BCUT2D eigenvalue weighted by Crippen LogP contribution is -2.41. The van der Waals surface area contributed by atoms with Gasteiger partial charge in [-0.15, -0.1) is 24.0 Å². The van der Waals surface area contributed by atoms with Gasteiger partial charge in [-0.1, -0.05) is 32.0 Å². The van der Waals surface area contributed by atoms with Gasteiger partial charge in [0.25, 0.3) is 0 Å². The van der Waals surface area contributed by atoms with Gasteiger partial charge >= 0.3 is 0 Å². The molecule has 1 aliphatic heterocycles. The first-order valence-electron chi connectivity index (χ1n) is 8.10. The fourth-order valence-electron chi connectivity index (χ4n) is 3.27. The highest BCUT2D eigenvalue weighted by molar-refractivity contribution is 14.0. The van der Waals surface area contributed by atoms with E-state index in [9.17, 15) is 0 Å². The molecule has 0 bridgehead atoms. The summed E-state index contributed by atoms with van der Waals surface area (Å²) in [6.45, 7) is 7.74. The first-order chi connectivity index (χ1) is 10.6. The van der Waals surface area contributed by atoms with E-state index in [0.29, 0.717) is 5.41 Å². The van der Waals surface area contributed by atoms with Crippen molar-refractivity contribution in [1.29, 1.82) is 0 Å². The first-order valence-corrected chi connectivity index (χ1v) is 8.10.